The number of hydrogen-bond donors (Lipinski definition) is 3. The van der Waals surface area contributed by atoms with Gasteiger partial charge in [-0.15, -0.1) is 0 Å². The number of amides is 1. The Bertz CT molecular complexity index is 840. The lowest BCUT2D eigenvalue weighted by molar-refractivity contribution is -0.137. The van der Waals surface area contributed by atoms with Gasteiger partial charge in [0.1, 0.15) is 0 Å². The second kappa shape index (κ2) is 8.30. The van der Waals surface area contributed by atoms with E-state index in [0.29, 0.717) is 32.3 Å². The van der Waals surface area contributed by atoms with Gasteiger partial charge in [-0.3, -0.25) is 4.79 Å². The number of carbonyl (C=O) groups is 1. The average Bonchev–Trinajstić information content (AvgIpc) is 2.67. The smallest absolute Gasteiger partial charge is 0.394 e. The van der Waals surface area contributed by atoms with Gasteiger partial charge in [0.2, 0.25) is 11.9 Å². The number of carbonyl (C=O) groups excluding carboxylic acids is 1. The Balaban J connectivity index is 1.61. The van der Waals surface area contributed by atoms with Crippen LogP contribution in [-0.4, -0.2) is 48.7 Å². The van der Waals surface area contributed by atoms with Gasteiger partial charge in [-0.2, -0.15) is 18.2 Å². The van der Waals surface area contributed by atoms with Gasteiger partial charge in [-0.1, -0.05) is 6.07 Å². The predicted octanol–water partition coefficient (Wildman–Crippen LogP) is 1.96. The number of halogens is 3. The monoisotopic (exact) mass is 396 g/mol. The number of nitrogens with zero attached hydrogens (tertiary/aromatic N) is 3. The summed E-state index contributed by atoms with van der Waals surface area (Å²) in [5, 5.41) is 5.20. The molecule has 0 atom stereocenters. The van der Waals surface area contributed by atoms with Gasteiger partial charge in [-0.05, 0) is 18.2 Å². The highest BCUT2D eigenvalue weighted by molar-refractivity contribution is 5.94. The Morgan fingerprint density at radius 3 is 2.75 bits per heavy atom. The molecule has 0 radical (unpaired) electrons. The van der Waals surface area contributed by atoms with E-state index in [2.05, 4.69) is 20.6 Å². The third-order valence-corrected chi connectivity index (χ3v) is 3.99. The molecule has 0 aliphatic carbocycles. The average molecular weight is 396 g/mol. The molecule has 1 aliphatic heterocycles. The van der Waals surface area contributed by atoms with Crippen molar-refractivity contribution in [1.82, 2.24) is 9.97 Å². The van der Waals surface area contributed by atoms with Gasteiger partial charge >= 0.3 is 6.18 Å². The molecule has 2 aromatic rings. The molecule has 150 valence electrons. The fraction of sp³-hybridized carbons (Fsp3) is 0.353. The fourth-order valence-electron chi connectivity index (χ4n) is 2.58. The first-order valence-corrected chi connectivity index (χ1v) is 8.49. The number of nitrogen functional groups attached to an aromatic ring is 1. The van der Waals surface area contributed by atoms with E-state index in [-0.39, 0.29) is 23.7 Å². The van der Waals surface area contributed by atoms with Crippen LogP contribution in [-0.2, 0) is 15.7 Å². The highest BCUT2D eigenvalue weighted by Gasteiger charge is 2.30. The Morgan fingerprint density at radius 2 is 2.04 bits per heavy atom. The number of hydrogen-bond acceptors (Lipinski definition) is 7. The molecule has 1 saturated heterocycles. The number of alkyl halides is 3. The topological polar surface area (TPSA) is 105 Å². The lowest BCUT2D eigenvalue weighted by atomic mass is 10.2. The number of anilines is 4. The van der Waals surface area contributed by atoms with Crippen molar-refractivity contribution in [3.63, 3.8) is 0 Å². The summed E-state index contributed by atoms with van der Waals surface area (Å²) in [6.45, 7) is 2.19. The second-order valence-corrected chi connectivity index (χ2v) is 6.05. The van der Waals surface area contributed by atoms with Crippen LogP contribution in [0.25, 0.3) is 0 Å². The molecule has 11 heteroatoms. The fourth-order valence-corrected chi connectivity index (χ4v) is 2.58. The van der Waals surface area contributed by atoms with Crippen molar-refractivity contribution in [2.45, 2.75) is 6.18 Å². The zero-order valence-electron chi connectivity index (χ0n) is 14.8. The number of rotatable bonds is 5. The molecule has 8 nitrogen and oxygen atoms in total. The molecule has 1 aliphatic rings. The van der Waals surface area contributed by atoms with Crippen LogP contribution in [0.3, 0.4) is 0 Å². The van der Waals surface area contributed by atoms with Gasteiger partial charge < -0.3 is 26.0 Å². The minimum absolute atomic E-state index is 0.0475. The molecule has 1 amide bonds. The van der Waals surface area contributed by atoms with E-state index in [1.54, 1.807) is 0 Å². The number of aromatic nitrogens is 2. The molecule has 1 fully saturated rings. The maximum absolute atomic E-state index is 12.7. The molecule has 0 saturated carbocycles. The number of nitrogens with one attached hydrogen (secondary N) is 2. The van der Waals surface area contributed by atoms with Gasteiger partial charge in [0.25, 0.3) is 0 Å². The SMILES string of the molecule is Nc1cnc(N2CCOCC2)nc1NCC(=O)Nc1cccc(C(F)(F)F)c1. The molecule has 0 spiro atoms. The van der Waals surface area contributed by atoms with E-state index in [4.69, 9.17) is 10.5 Å². The predicted molar refractivity (Wildman–Crippen MR) is 98.0 cm³/mol. The second-order valence-electron chi connectivity index (χ2n) is 6.05. The summed E-state index contributed by atoms with van der Waals surface area (Å²) in [7, 11) is 0. The summed E-state index contributed by atoms with van der Waals surface area (Å²) < 4.78 is 43.5. The zero-order chi connectivity index (χ0) is 20.1. The van der Waals surface area contributed by atoms with Crippen molar-refractivity contribution in [3.05, 3.63) is 36.0 Å². The molecule has 0 bridgehead atoms. The molecule has 28 heavy (non-hydrogen) atoms. The van der Waals surface area contributed by atoms with E-state index < -0.39 is 17.6 Å². The Kier molecular flexibility index (Phi) is 5.83. The van der Waals surface area contributed by atoms with Crippen molar-refractivity contribution >= 4 is 29.0 Å². The zero-order valence-corrected chi connectivity index (χ0v) is 14.8. The molecule has 0 unspecified atom stereocenters. The summed E-state index contributed by atoms with van der Waals surface area (Å²) in [4.78, 5) is 22.5. The highest BCUT2D eigenvalue weighted by atomic mass is 19.4. The minimum atomic E-state index is -4.48. The van der Waals surface area contributed by atoms with Crippen LogP contribution in [0, 0.1) is 0 Å². The summed E-state index contributed by atoms with van der Waals surface area (Å²) in [5.74, 6) is 0.194. The van der Waals surface area contributed by atoms with Gasteiger partial charge in [0, 0.05) is 18.8 Å². The number of ether oxygens (including phenoxy) is 1. The first-order chi connectivity index (χ1) is 13.3. The minimum Gasteiger partial charge on any atom is -0.394 e. The molecule has 2 heterocycles. The highest BCUT2D eigenvalue weighted by Crippen LogP contribution is 2.30. The van der Waals surface area contributed by atoms with Crippen LogP contribution >= 0.6 is 0 Å². The summed E-state index contributed by atoms with van der Waals surface area (Å²) in [5.41, 5.74) is 5.30. The molecule has 1 aromatic carbocycles. The molecule has 3 rings (SSSR count). The largest absolute Gasteiger partial charge is 0.416 e. The summed E-state index contributed by atoms with van der Waals surface area (Å²) >= 11 is 0. The van der Waals surface area contributed by atoms with Gasteiger partial charge in [0.05, 0.1) is 37.2 Å². The van der Waals surface area contributed by atoms with E-state index in [0.717, 1.165) is 12.1 Å². The van der Waals surface area contributed by atoms with E-state index >= 15 is 0 Å². The number of benzene rings is 1. The van der Waals surface area contributed by atoms with E-state index in [1.807, 2.05) is 4.90 Å². The molecule has 4 N–H and O–H groups in total. The first-order valence-electron chi connectivity index (χ1n) is 8.49. The lowest BCUT2D eigenvalue weighted by Gasteiger charge is -2.27. The van der Waals surface area contributed by atoms with Crippen LogP contribution < -0.4 is 21.3 Å². The van der Waals surface area contributed by atoms with Crippen molar-refractivity contribution in [1.29, 1.82) is 0 Å². The Morgan fingerprint density at radius 1 is 1.29 bits per heavy atom. The van der Waals surface area contributed by atoms with E-state index in [9.17, 15) is 18.0 Å². The Labute approximate surface area is 158 Å². The maximum atomic E-state index is 12.7. The molecular formula is C17H19F3N6O2. The third kappa shape index (κ3) is 5.00. The molecule has 1 aromatic heterocycles. The lowest BCUT2D eigenvalue weighted by Crippen LogP contribution is -2.37. The van der Waals surface area contributed by atoms with Crippen LogP contribution in [0.1, 0.15) is 5.56 Å². The van der Waals surface area contributed by atoms with E-state index in [1.165, 1.54) is 18.3 Å². The summed E-state index contributed by atoms with van der Waals surface area (Å²) in [6, 6.07) is 4.40. The quantitative estimate of drug-likeness (QED) is 0.710. The Hall–Kier alpha value is -3.08. The van der Waals surface area contributed by atoms with Gasteiger partial charge in [-0.25, -0.2) is 4.98 Å². The molecular weight excluding hydrogens is 377 g/mol. The van der Waals surface area contributed by atoms with Crippen LogP contribution in [0.5, 0.6) is 0 Å². The standard InChI is InChI=1S/C17H19F3N6O2/c18-17(19,20)11-2-1-3-12(8-11)24-14(27)10-22-15-13(21)9-23-16(25-15)26-4-6-28-7-5-26/h1-3,8-9H,4-7,10,21H2,(H,24,27)(H,22,23,25). The van der Waals surface area contributed by atoms with Crippen molar-refractivity contribution in [2.75, 3.05) is 54.1 Å². The van der Waals surface area contributed by atoms with Crippen molar-refractivity contribution < 1.29 is 22.7 Å². The van der Waals surface area contributed by atoms with Crippen LogP contribution in [0.15, 0.2) is 30.5 Å². The van der Waals surface area contributed by atoms with Crippen molar-refractivity contribution in [3.8, 4) is 0 Å². The third-order valence-electron chi connectivity index (χ3n) is 3.99. The number of nitrogens with two attached hydrogens (primary N) is 1. The summed E-state index contributed by atoms with van der Waals surface area (Å²) in [6.07, 6.45) is -3.05. The van der Waals surface area contributed by atoms with Crippen LogP contribution in [0.2, 0.25) is 0 Å². The van der Waals surface area contributed by atoms with Gasteiger partial charge in [0.15, 0.2) is 5.82 Å². The first kappa shape index (κ1) is 19.7. The van der Waals surface area contributed by atoms with Crippen molar-refractivity contribution in [2.24, 2.45) is 0 Å². The number of morpholine rings is 1. The van der Waals surface area contributed by atoms with Crippen LogP contribution in [0.4, 0.5) is 36.3 Å². The maximum Gasteiger partial charge on any atom is 0.416 e. The normalized spacial score (nSPS) is 14.6.